The first-order chi connectivity index (χ1) is 16.0. The number of aryl methyl sites for hydroxylation is 1. The molecule has 0 bridgehead atoms. The fourth-order valence-electron chi connectivity index (χ4n) is 3.93. The zero-order chi connectivity index (χ0) is 23.1. The molecule has 0 radical (unpaired) electrons. The standard InChI is InChI=1S/C25H23ClN3OS3/c1-4-29-22(14-21-28(11-12-31-21)15-17-8-6-5-7-16(17)2)33-23(24(29)30)25-27(3)19-10-9-18(26)13-20(19)32-25/h5-14H,4,15H2,1-3H3/q+1/b25-23+. The fraction of sp³-hybridized carbons (Fsp3) is 0.200. The first kappa shape index (κ1) is 22.5. The average Bonchev–Trinajstić information content (AvgIpc) is 3.46. The maximum atomic E-state index is 13.4. The van der Waals surface area contributed by atoms with Crippen LogP contribution in [0.3, 0.4) is 0 Å². The molecule has 33 heavy (non-hydrogen) atoms. The van der Waals surface area contributed by atoms with Crippen molar-refractivity contribution in [1.82, 2.24) is 4.57 Å². The van der Waals surface area contributed by atoms with Crippen LogP contribution in [0.15, 0.2) is 63.7 Å². The second-order valence-electron chi connectivity index (χ2n) is 7.84. The third kappa shape index (κ3) is 4.19. The van der Waals surface area contributed by atoms with Crippen molar-refractivity contribution in [2.45, 2.75) is 31.8 Å². The molecule has 2 aromatic carbocycles. The molecule has 0 unspecified atom stereocenters. The number of hydrogen-bond acceptors (Lipinski definition) is 5. The molecule has 0 spiro atoms. The molecule has 8 heteroatoms. The molecule has 0 amide bonds. The van der Waals surface area contributed by atoms with Crippen molar-refractivity contribution in [2.75, 3.05) is 11.9 Å². The van der Waals surface area contributed by atoms with Crippen LogP contribution in [0.5, 0.6) is 0 Å². The highest BCUT2D eigenvalue weighted by atomic mass is 35.5. The summed E-state index contributed by atoms with van der Waals surface area (Å²) in [5, 5.41) is 4.89. The molecule has 2 aromatic heterocycles. The zero-order valence-corrected chi connectivity index (χ0v) is 21.7. The summed E-state index contributed by atoms with van der Waals surface area (Å²) in [5.74, 6) is 0. The summed E-state index contributed by atoms with van der Waals surface area (Å²) in [5.41, 5.74) is 3.72. The van der Waals surface area contributed by atoms with Gasteiger partial charge in [-0.25, -0.2) is 0 Å². The number of benzene rings is 2. The SMILES string of the molecule is CCn1c(=O)/c(=C2\Sc3cc(Cl)ccc3N2C)s/c1=C\c1scc[n+]1Cc1ccccc1C. The first-order valence-corrected chi connectivity index (χ1v) is 13.5. The molecular weight excluding hydrogens is 490 g/mol. The van der Waals surface area contributed by atoms with Crippen molar-refractivity contribution in [3.63, 3.8) is 0 Å². The number of thioether (sulfide) groups is 1. The summed E-state index contributed by atoms with van der Waals surface area (Å²) in [6, 6.07) is 14.3. The van der Waals surface area contributed by atoms with Crippen LogP contribution >= 0.6 is 46.0 Å². The number of thiazole rings is 2. The van der Waals surface area contributed by atoms with Crippen LogP contribution < -0.4 is 24.2 Å². The van der Waals surface area contributed by atoms with E-state index >= 15 is 0 Å². The molecular formula is C25H23ClN3OS3+. The second-order valence-corrected chi connectivity index (χ2v) is 11.3. The van der Waals surface area contributed by atoms with Crippen molar-refractivity contribution < 1.29 is 4.57 Å². The lowest BCUT2D eigenvalue weighted by Crippen LogP contribution is -2.36. The maximum absolute atomic E-state index is 13.4. The topological polar surface area (TPSA) is 29.1 Å². The van der Waals surface area contributed by atoms with Crippen molar-refractivity contribution >= 4 is 62.8 Å². The van der Waals surface area contributed by atoms with Gasteiger partial charge >= 0.3 is 0 Å². The Morgan fingerprint density at radius 2 is 2.00 bits per heavy atom. The Balaban J connectivity index is 1.61. The van der Waals surface area contributed by atoms with E-state index in [0.717, 1.165) is 36.4 Å². The van der Waals surface area contributed by atoms with Crippen molar-refractivity contribution in [1.29, 1.82) is 0 Å². The van der Waals surface area contributed by atoms with E-state index in [1.807, 2.05) is 36.7 Å². The lowest BCUT2D eigenvalue weighted by Gasteiger charge is -2.12. The molecule has 168 valence electrons. The largest absolute Gasteiger partial charge is 0.337 e. The number of hydrogen-bond donors (Lipinski definition) is 0. The highest BCUT2D eigenvalue weighted by Crippen LogP contribution is 2.46. The molecule has 3 heterocycles. The summed E-state index contributed by atoms with van der Waals surface area (Å²) >= 11 is 11.1. The predicted molar refractivity (Wildman–Crippen MR) is 141 cm³/mol. The Labute approximate surface area is 209 Å². The van der Waals surface area contributed by atoms with E-state index in [9.17, 15) is 4.79 Å². The van der Waals surface area contributed by atoms with Crippen molar-refractivity contribution in [2.24, 2.45) is 0 Å². The van der Waals surface area contributed by atoms with Gasteiger partial charge in [-0.1, -0.05) is 59.0 Å². The van der Waals surface area contributed by atoms with E-state index < -0.39 is 0 Å². The summed E-state index contributed by atoms with van der Waals surface area (Å²) < 4.78 is 5.85. The third-order valence-corrected chi connectivity index (χ3v) is 9.33. The Bertz CT molecular complexity index is 1530. The number of anilines is 1. The van der Waals surface area contributed by atoms with Crippen LogP contribution in [0.1, 0.15) is 23.1 Å². The van der Waals surface area contributed by atoms with Gasteiger partial charge in [-0.2, -0.15) is 4.57 Å². The van der Waals surface area contributed by atoms with E-state index in [1.54, 1.807) is 34.4 Å². The van der Waals surface area contributed by atoms with Crippen molar-refractivity contribution in [3.8, 4) is 0 Å². The molecule has 0 fully saturated rings. The molecule has 0 N–H and O–H groups in total. The number of fused-ring (bicyclic) bond motifs is 1. The van der Waals surface area contributed by atoms with Gasteiger partial charge in [0.2, 0.25) is 0 Å². The fourth-order valence-corrected chi connectivity index (χ4v) is 7.53. The van der Waals surface area contributed by atoms with Gasteiger partial charge in [-0.15, -0.1) is 11.3 Å². The molecule has 5 rings (SSSR count). The zero-order valence-electron chi connectivity index (χ0n) is 18.5. The van der Waals surface area contributed by atoms with E-state index in [0.29, 0.717) is 11.6 Å². The number of nitrogens with zero attached hydrogens (tertiary/aromatic N) is 3. The van der Waals surface area contributed by atoms with Gasteiger partial charge in [0.15, 0.2) is 12.7 Å². The molecule has 1 aliphatic rings. The van der Waals surface area contributed by atoms with Gasteiger partial charge in [-0.05, 0) is 37.6 Å². The van der Waals surface area contributed by atoms with Crippen LogP contribution in [-0.2, 0) is 13.1 Å². The highest BCUT2D eigenvalue weighted by Gasteiger charge is 2.25. The molecule has 4 aromatic rings. The quantitative estimate of drug-likeness (QED) is 0.379. The van der Waals surface area contributed by atoms with Crippen LogP contribution in [0.25, 0.3) is 11.1 Å². The number of rotatable bonds is 4. The van der Waals surface area contributed by atoms with Crippen LogP contribution in [0.4, 0.5) is 5.69 Å². The lowest BCUT2D eigenvalue weighted by atomic mass is 10.1. The highest BCUT2D eigenvalue weighted by molar-refractivity contribution is 8.08. The number of aromatic nitrogens is 2. The maximum Gasteiger partial charge on any atom is 0.271 e. The molecule has 0 saturated carbocycles. The molecule has 0 aliphatic carbocycles. The minimum absolute atomic E-state index is 0.0593. The van der Waals surface area contributed by atoms with Crippen LogP contribution in [-0.4, -0.2) is 11.6 Å². The predicted octanol–water partition coefficient (Wildman–Crippen LogP) is 4.43. The van der Waals surface area contributed by atoms with Gasteiger partial charge in [0.25, 0.3) is 10.6 Å². The van der Waals surface area contributed by atoms with Crippen molar-refractivity contribution in [3.05, 3.63) is 94.7 Å². The van der Waals surface area contributed by atoms with E-state index in [-0.39, 0.29) is 5.56 Å². The normalized spacial score (nSPS) is 15.4. The third-order valence-electron chi connectivity index (χ3n) is 5.78. The second kappa shape index (κ2) is 9.14. The summed E-state index contributed by atoms with van der Waals surface area (Å²) in [6.07, 6.45) is 4.26. The van der Waals surface area contributed by atoms with Gasteiger partial charge in [0.05, 0.1) is 17.1 Å². The summed E-state index contributed by atoms with van der Waals surface area (Å²) in [7, 11) is 2.01. The van der Waals surface area contributed by atoms with Crippen LogP contribution in [0, 0.1) is 6.92 Å². The molecule has 1 aliphatic heterocycles. The Hall–Kier alpha value is -2.32. The summed E-state index contributed by atoms with van der Waals surface area (Å²) in [6.45, 7) is 5.60. The molecule has 0 saturated heterocycles. The van der Waals surface area contributed by atoms with Gasteiger partial charge in [-0.3, -0.25) is 9.36 Å². The van der Waals surface area contributed by atoms with E-state index in [2.05, 4.69) is 58.3 Å². The Kier molecular flexibility index (Phi) is 6.22. The Morgan fingerprint density at radius 1 is 1.18 bits per heavy atom. The summed E-state index contributed by atoms with van der Waals surface area (Å²) in [4.78, 5) is 16.6. The minimum Gasteiger partial charge on any atom is -0.337 e. The Morgan fingerprint density at radius 3 is 2.79 bits per heavy atom. The molecule has 0 atom stereocenters. The molecule has 4 nitrogen and oxygen atoms in total. The van der Waals surface area contributed by atoms with Gasteiger partial charge in [0, 0.05) is 29.1 Å². The van der Waals surface area contributed by atoms with E-state index in [4.69, 9.17) is 11.6 Å². The smallest absolute Gasteiger partial charge is 0.271 e. The van der Waals surface area contributed by atoms with Gasteiger partial charge in [0.1, 0.15) is 14.2 Å². The lowest BCUT2D eigenvalue weighted by molar-refractivity contribution is -0.685. The monoisotopic (exact) mass is 512 g/mol. The number of halogens is 1. The average molecular weight is 513 g/mol. The van der Waals surface area contributed by atoms with Crippen LogP contribution in [0.2, 0.25) is 5.02 Å². The van der Waals surface area contributed by atoms with E-state index in [1.165, 1.54) is 11.1 Å². The van der Waals surface area contributed by atoms with Gasteiger partial charge < -0.3 is 4.90 Å². The minimum atomic E-state index is 0.0593. The first-order valence-electron chi connectivity index (χ1n) is 10.6.